The van der Waals surface area contributed by atoms with Crippen molar-refractivity contribution in [2.24, 2.45) is 0 Å². The summed E-state index contributed by atoms with van der Waals surface area (Å²) in [6.45, 7) is 5.49. The van der Waals surface area contributed by atoms with Crippen molar-refractivity contribution in [1.29, 1.82) is 0 Å². The lowest BCUT2D eigenvalue weighted by molar-refractivity contribution is 0.158. The zero-order valence-electron chi connectivity index (χ0n) is 10.9. The largest absolute Gasteiger partial charge is 0.398 e. The second-order valence-electron chi connectivity index (χ2n) is 3.67. The van der Waals surface area contributed by atoms with Crippen molar-refractivity contribution in [3.8, 4) is 0 Å². The Morgan fingerprint density at radius 1 is 1.12 bits per heavy atom. The Labute approximate surface area is 100 Å². The topological polar surface area (TPSA) is 27.7 Å². The van der Waals surface area contributed by atoms with Gasteiger partial charge in [-0.3, -0.25) is 0 Å². The van der Waals surface area contributed by atoms with Crippen LogP contribution in [0.25, 0.3) is 0 Å². The molecule has 0 rings (SSSR count). The van der Waals surface area contributed by atoms with Crippen molar-refractivity contribution in [2.75, 3.05) is 27.4 Å². The molecule has 0 heterocycles. The van der Waals surface area contributed by atoms with Crippen LogP contribution in [0.4, 0.5) is 0 Å². The van der Waals surface area contributed by atoms with Crippen LogP contribution in [0.15, 0.2) is 24.3 Å². The Morgan fingerprint density at radius 2 is 1.81 bits per heavy atom. The molecule has 94 valence electrons. The summed E-state index contributed by atoms with van der Waals surface area (Å²) in [6.07, 6.45) is 8.96. The van der Waals surface area contributed by atoms with Crippen LogP contribution in [-0.2, 0) is 13.6 Å². The number of ether oxygens (including phenoxy) is 1. The van der Waals surface area contributed by atoms with Crippen LogP contribution in [0.3, 0.4) is 0 Å². The molecule has 0 aromatic heterocycles. The molecule has 4 heteroatoms. The first-order chi connectivity index (χ1) is 7.68. The Bertz CT molecular complexity index is 210. The molecule has 0 aliphatic heterocycles. The summed E-state index contributed by atoms with van der Waals surface area (Å²) in [5.41, 5.74) is 0. The molecule has 0 spiro atoms. The van der Waals surface area contributed by atoms with Crippen LogP contribution in [0, 0.1) is 0 Å². The second kappa shape index (κ2) is 9.78. The average Bonchev–Trinajstić information content (AvgIpc) is 2.32. The molecule has 0 amide bonds. The van der Waals surface area contributed by atoms with Gasteiger partial charge in [-0.25, -0.2) is 0 Å². The van der Waals surface area contributed by atoms with E-state index in [2.05, 4.69) is 6.55 Å². The molecule has 0 saturated heterocycles. The zero-order chi connectivity index (χ0) is 12.3. The van der Waals surface area contributed by atoms with E-state index in [-0.39, 0.29) is 0 Å². The minimum absolute atomic E-state index is 0.669. The quantitative estimate of drug-likeness (QED) is 0.354. The van der Waals surface area contributed by atoms with Gasteiger partial charge < -0.3 is 13.6 Å². The van der Waals surface area contributed by atoms with Crippen LogP contribution in [0.1, 0.15) is 13.3 Å². The lowest BCUT2D eigenvalue weighted by atomic mass is 10.4. The van der Waals surface area contributed by atoms with Gasteiger partial charge in [-0.05, 0) is 25.9 Å². The summed E-state index contributed by atoms with van der Waals surface area (Å²) in [5.74, 6) is 0. The molecule has 0 aromatic carbocycles. The van der Waals surface area contributed by atoms with Crippen molar-refractivity contribution in [3.63, 3.8) is 0 Å². The van der Waals surface area contributed by atoms with E-state index in [1.165, 1.54) is 0 Å². The highest BCUT2D eigenvalue weighted by molar-refractivity contribution is 6.65. The third-order valence-corrected chi connectivity index (χ3v) is 5.43. The maximum Gasteiger partial charge on any atom is 0.334 e. The van der Waals surface area contributed by atoms with Crippen LogP contribution < -0.4 is 0 Å². The fraction of sp³-hybridized carbons (Fsp3) is 0.667. The summed E-state index contributed by atoms with van der Waals surface area (Å²) in [7, 11) is 1.55. The van der Waals surface area contributed by atoms with Gasteiger partial charge >= 0.3 is 8.56 Å². The van der Waals surface area contributed by atoms with E-state index in [0.29, 0.717) is 6.61 Å². The molecule has 0 fully saturated rings. The van der Waals surface area contributed by atoms with Gasteiger partial charge in [-0.15, -0.1) is 0 Å². The fourth-order valence-electron chi connectivity index (χ4n) is 1.18. The normalized spacial score (nSPS) is 13.0. The van der Waals surface area contributed by atoms with Crippen LogP contribution in [-0.4, -0.2) is 36.0 Å². The highest BCUT2D eigenvalue weighted by Gasteiger charge is 2.27. The molecule has 0 aromatic rings. The lowest BCUT2D eigenvalue weighted by Gasteiger charge is -2.22. The second-order valence-corrected chi connectivity index (χ2v) is 7.26. The van der Waals surface area contributed by atoms with Gasteiger partial charge in [0.2, 0.25) is 0 Å². The molecule has 3 nitrogen and oxygen atoms in total. The number of allylic oxidation sites excluding steroid dienone is 3. The molecule has 0 aliphatic rings. The predicted molar refractivity (Wildman–Crippen MR) is 69.8 cm³/mol. The van der Waals surface area contributed by atoms with Crippen LogP contribution in [0.2, 0.25) is 12.6 Å². The fourth-order valence-corrected chi connectivity index (χ4v) is 2.54. The summed E-state index contributed by atoms with van der Waals surface area (Å²) in [6, 6.07) is 0.971. The molecule has 0 unspecified atom stereocenters. The molecular weight excluding hydrogens is 220 g/mol. The molecule has 16 heavy (non-hydrogen) atoms. The molecule has 0 radical (unpaired) electrons. The van der Waals surface area contributed by atoms with Crippen molar-refractivity contribution in [3.05, 3.63) is 24.3 Å². The molecule has 0 bridgehead atoms. The smallest absolute Gasteiger partial charge is 0.334 e. The third-order valence-electron chi connectivity index (χ3n) is 2.44. The minimum atomic E-state index is -1.89. The summed E-state index contributed by atoms with van der Waals surface area (Å²) in [4.78, 5) is 0. The van der Waals surface area contributed by atoms with E-state index < -0.39 is 8.56 Å². The Balaban J connectivity index is 3.46. The maximum atomic E-state index is 5.46. The Hall–Kier alpha value is -0.423. The van der Waals surface area contributed by atoms with E-state index in [4.69, 9.17) is 13.6 Å². The van der Waals surface area contributed by atoms with Gasteiger partial charge in [0, 0.05) is 20.8 Å². The molecule has 0 N–H and O–H groups in total. The molecule has 0 aliphatic carbocycles. The molecule has 0 saturated carbocycles. The van der Waals surface area contributed by atoms with Gasteiger partial charge in [0.25, 0.3) is 0 Å². The SMILES string of the molecule is CC=CC=CCOCCC[Si](C)(OC)OC. The minimum Gasteiger partial charge on any atom is -0.398 e. The Morgan fingerprint density at radius 3 is 2.38 bits per heavy atom. The van der Waals surface area contributed by atoms with Gasteiger partial charge in [0.15, 0.2) is 0 Å². The average molecular weight is 244 g/mol. The lowest BCUT2D eigenvalue weighted by Crippen LogP contribution is -2.36. The van der Waals surface area contributed by atoms with Crippen molar-refractivity contribution in [1.82, 2.24) is 0 Å². The molecular formula is C12H24O3Si. The third kappa shape index (κ3) is 7.82. The van der Waals surface area contributed by atoms with E-state index >= 15 is 0 Å². The van der Waals surface area contributed by atoms with Gasteiger partial charge in [-0.2, -0.15) is 0 Å². The first kappa shape index (κ1) is 15.6. The Kier molecular flexibility index (Phi) is 9.52. The van der Waals surface area contributed by atoms with Crippen molar-refractivity contribution in [2.45, 2.75) is 25.9 Å². The summed E-state index contributed by atoms with van der Waals surface area (Å²) in [5, 5.41) is 0. The van der Waals surface area contributed by atoms with Crippen LogP contribution in [0.5, 0.6) is 0 Å². The number of rotatable bonds is 9. The summed E-state index contributed by atoms with van der Waals surface area (Å²) < 4.78 is 16.2. The van der Waals surface area contributed by atoms with Gasteiger partial charge in [0.1, 0.15) is 0 Å². The van der Waals surface area contributed by atoms with E-state index in [1.807, 2.05) is 31.2 Å². The number of hydrogen-bond acceptors (Lipinski definition) is 3. The van der Waals surface area contributed by atoms with Crippen molar-refractivity contribution >= 4 is 8.56 Å². The number of hydrogen-bond donors (Lipinski definition) is 0. The highest BCUT2D eigenvalue weighted by Crippen LogP contribution is 2.13. The van der Waals surface area contributed by atoms with E-state index in [9.17, 15) is 0 Å². The highest BCUT2D eigenvalue weighted by atomic mass is 28.4. The first-order valence-corrected chi connectivity index (χ1v) is 8.16. The predicted octanol–water partition coefficient (Wildman–Crippen LogP) is 2.89. The van der Waals surface area contributed by atoms with Crippen molar-refractivity contribution < 1.29 is 13.6 Å². The zero-order valence-corrected chi connectivity index (χ0v) is 11.9. The van der Waals surface area contributed by atoms with E-state index in [1.54, 1.807) is 14.2 Å². The standard InChI is InChI=1S/C12H24O3Si/c1-5-6-7-8-10-15-11-9-12-16(4,13-2)14-3/h5-8H,9-12H2,1-4H3. The van der Waals surface area contributed by atoms with E-state index in [0.717, 1.165) is 19.1 Å². The summed E-state index contributed by atoms with van der Waals surface area (Å²) >= 11 is 0. The maximum absolute atomic E-state index is 5.46. The first-order valence-electron chi connectivity index (χ1n) is 5.64. The van der Waals surface area contributed by atoms with Gasteiger partial charge in [-0.1, -0.05) is 24.3 Å². The monoisotopic (exact) mass is 244 g/mol. The molecule has 0 atom stereocenters. The van der Waals surface area contributed by atoms with Gasteiger partial charge in [0.05, 0.1) is 6.61 Å². The van der Waals surface area contributed by atoms with Crippen LogP contribution >= 0.6 is 0 Å².